The zero-order valence-corrected chi connectivity index (χ0v) is 18.8. The van der Waals surface area contributed by atoms with Crippen molar-refractivity contribution in [2.45, 2.75) is 26.4 Å². The van der Waals surface area contributed by atoms with Crippen molar-refractivity contribution in [3.63, 3.8) is 0 Å². The van der Waals surface area contributed by atoms with E-state index in [9.17, 15) is 4.79 Å². The van der Waals surface area contributed by atoms with Crippen LogP contribution in [0.25, 0.3) is 11.4 Å². The van der Waals surface area contributed by atoms with E-state index in [1.165, 1.54) is 5.56 Å². The summed E-state index contributed by atoms with van der Waals surface area (Å²) in [6.45, 7) is 5.27. The minimum atomic E-state index is -0.00569. The van der Waals surface area contributed by atoms with Crippen LogP contribution in [0.1, 0.15) is 18.9 Å². The minimum absolute atomic E-state index is 0.00569. The predicted molar refractivity (Wildman–Crippen MR) is 124 cm³/mol. The number of nitrogens with one attached hydrogen (secondary N) is 2. The van der Waals surface area contributed by atoms with Crippen molar-refractivity contribution in [3.8, 4) is 17.1 Å². The number of aromatic nitrogens is 3. The number of hydrogen-bond donors (Lipinski definition) is 2. The second-order valence-corrected chi connectivity index (χ2v) is 7.67. The van der Waals surface area contributed by atoms with Crippen LogP contribution in [-0.4, -0.2) is 52.3 Å². The molecule has 0 unspecified atom stereocenters. The summed E-state index contributed by atoms with van der Waals surface area (Å²) in [5, 5.41) is 10.1. The highest BCUT2D eigenvalue weighted by molar-refractivity contribution is 7.71. The first kappa shape index (κ1) is 22.7. The van der Waals surface area contributed by atoms with Crippen LogP contribution in [-0.2, 0) is 17.9 Å². The number of carbonyl (C=O) groups excluding carboxylic acids is 1. The first-order chi connectivity index (χ1) is 15.1. The maximum absolute atomic E-state index is 12.3. The second kappa shape index (κ2) is 11.4. The van der Waals surface area contributed by atoms with E-state index in [1.54, 1.807) is 0 Å². The molecule has 2 N–H and O–H groups in total. The van der Waals surface area contributed by atoms with E-state index in [4.69, 9.17) is 17.0 Å². The first-order valence-corrected chi connectivity index (χ1v) is 10.8. The Morgan fingerprint density at radius 3 is 2.65 bits per heavy atom. The van der Waals surface area contributed by atoms with Gasteiger partial charge in [-0.3, -0.25) is 14.5 Å². The van der Waals surface area contributed by atoms with Crippen molar-refractivity contribution in [1.82, 2.24) is 25.0 Å². The van der Waals surface area contributed by atoms with Crippen LogP contribution in [0, 0.1) is 4.77 Å². The third-order valence-corrected chi connectivity index (χ3v) is 5.17. The van der Waals surface area contributed by atoms with E-state index in [1.807, 2.05) is 61.0 Å². The quantitative estimate of drug-likeness (QED) is 0.446. The standard InChI is InChI=1S/C23H29N5O2S/c1-3-30-20-11-9-19(10-12-20)22-25-26-23(31)28(22)15-13-21(29)24-14-16-27(2)17-18-7-5-4-6-8-18/h4-12H,3,13-17H2,1-2H3,(H,24,29)(H,26,31). The summed E-state index contributed by atoms with van der Waals surface area (Å²) in [5.41, 5.74) is 2.17. The Morgan fingerprint density at radius 2 is 1.94 bits per heavy atom. The fourth-order valence-electron chi connectivity index (χ4n) is 3.27. The van der Waals surface area contributed by atoms with E-state index in [-0.39, 0.29) is 5.91 Å². The van der Waals surface area contributed by atoms with Gasteiger partial charge in [0.2, 0.25) is 5.91 Å². The molecule has 1 heterocycles. The van der Waals surface area contributed by atoms with Crippen molar-refractivity contribution < 1.29 is 9.53 Å². The van der Waals surface area contributed by atoms with E-state index in [0.717, 1.165) is 24.4 Å². The number of amides is 1. The van der Waals surface area contributed by atoms with Gasteiger partial charge in [0.15, 0.2) is 10.6 Å². The van der Waals surface area contributed by atoms with Crippen LogP contribution < -0.4 is 10.1 Å². The Kier molecular flexibility index (Phi) is 8.37. The number of rotatable bonds is 11. The van der Waals surface area contributed by atoms with Gasteiger partial charge in [0.1, 0.15) is 5.75 Å². The molecule has 0 spiro atoms. The Hall–Kier alpha value is -2.97. The number of hydrogen-bond acceptors (Lipinski definition) is 5. The van der Waals surface area contributed by atoms with Crippen LogP contribution in [0.4, 0.5) is 0 Å². The summed E-state index contributed by atoms with van der Waals surface area (Å²) in [6.07, 6.45) is 0.334. The summed E-state index contributed by atoms with van der Waals surface area (Å²) in [4.78, 5) is 14.5. The molecule has 8 heteroatoms. The first-order valence-electron chi connectivity index (χ1n) is 10.4. The van der Waals surface area contributed by atoms with Crippen molar-refractivity contribution in [1.29, 1.82) is 0 Å². The van der Waals surface area contributed by atoms with E-state index in [2.05, 4.69) is 32.5 Å². The van der Waals surface area contributed by atoms with Crippen LogP contribution >= 0.6 is 12.2 Å². The highest BCUT2D eigenvalue weighted by Crippen LogP contribution is 2.21. The Bertz CT molecular complexity index is 1010. The molecule has 164 valence electrons. The van der Waals surface area contributed by atoms with Crippen molar-refractivity contribution >= 4 is 18.1 Å². The molecule has 0 saturated carbocycles. The lowest BCUT2D eigenvalue weighted by Gasteiger charge is -2.17. The highest BCUT2D eigenvalue weighted by atomic mass is 32.1. The molecular formula is C23H29N5O2S. The maximum Gasteiger partial charge on any atom is 0.221 e. The number of aromatic amines is 1. The number of likely N-dealkylation sites (N-methyl/N-ethyl adjacent to an activating group) is 1. The average Bonchev–Trinajstić information content (AvgIpc) is 3.14. The van der Waals surface area contributed by atoms with Gasteiger partial charge in [-0.25, -0.2) is 0 Å². The van der Waals surface area contributed by atoms with E-state index >= 15 is 0 Å². The lowest BCUT2D eigenvalue weighted by molar-refractivity contribution is -0.121. The van der Waals surface area contributed by atoms with Crippen LogP contribution in [0.2, 0.25) is 0 Å². The number of benzene rings is 2. The molecule has 0 aliphatic carbocycles. The summed E-state index contributed by atoms with van der Waals surface area (Å²) >= 11 is 5.36. The van der Waals surface area contributed by atoms with Crippen molar-refractivity contribution in [2.24, 2.45) is 0 Å². The Morgan fingerprint density at radius 1 is 1.19 bits per heavy atom. The lowest BCUT2D eigenvalue weighted by atomic mass is 10.2. The van der Waals surface area contributed by atoms with Gasteiger partial charge in [-0.2, -0.15) is 5.10 Å². The summed E-state index contributed by atoms with van der Waals surface area (Å²) in [7, 11) is 2.05. The molecule has 1 aromatic heterocycles. The van der Waals surface area contributed by atoms with Gasteiger partial charge in [0.25, 0.3) is 0 Å². The zero-order valence-electron chi connectivity index (χ0n) is 18.0. The fraction of sp³-hybridized carbons (Fsp3) is 0.348. The number of carbonyl (C=O) groups is 1. The zero-order chi connectivity index (χ0) is 22.1. The molecule has 0 aliphatic rings. The molecule has 7 nitrogen and oxygen atoms in total. The molecule has 1 amide bonds. The largest absolute Gasteiger partial charge is 0.494 e. The molecule has 0 aliphatic heterocycles. The SMILES string of the molecule is CCOc1ccc(-c2n[nH]c(=S)n2CCC(=O)NCCN(C)Cc2ccccc2)cc1. The van der Waals surface area contributed by atoms with Gasteiger partial charge in [-0.15, -0.1) is 0 Å². The van der Waals surface area contributed by atoms with Crippen LogP contribution in [0.5, 0.6) is 5.75 Å². The fourth-order valence-corrected chi connectivity index (χ4v) is 3.50. The topological polar surface area (TPSA) is 75.2 Å². The van der Waals surface area contributed by atoms with Gasteiger partial charge >= 0.3 is 0 Å². The molecule has 0 radical (unpaired) electrons. The highest BCUT2D eigenvalue weighted by Gasteiger charge is 2.11. The molecule has 0 atom stereocenters. The molecule has 0 saturated heterocycles. The van der Waals surface area contributed by atoms with Gasteiger partial charge in [0, 0.05) is 38.2 Å². The molecule has 0 fully saturated rings. The average molecular weight is 440 g/mol. The van der Waals surface area contributed by atoms with Gasteiger partial charge in [-0.05, 0) is 56.0 Å². The lowest BCUT2D eigenvalue weighted by Crippen LogP contribution is -2.33. The minimum Gasteiger partial charge on any atom is -0.494 e. The molecular weight excluding hydrogens is 410 g/mol. The summed E-state index contributed by atoms with van der Waals surface area (Å²) in [5.74, 6) is 1.51. The van der Waals surface area contributed by atoms with Crippen molar-refractivity contribution in [3.05, 3.63) is 64.9 Å². The second-order valence-electron chi connectivity index (χ2n) is 7.28. The molecule has 2 aromatic carbocycles. The summed E-state index contributed by atoms with van der Waals surface area (Å²) in [6, 6.07) is 18.0. The third-order valence-electron chi connectivity index (χ3n) is 4.86. The third kappa shape index (κ3) is 6.77. The van der Waals surface area contributed by atoms with E-state index in [0.29, 0.717) is 36.7 Å². The van der Waals surface area contributed by atoms with Crippen LogP contribution in [0.15, 0.2) is 54.6 Å². The predicted octanol–water partition coefficient (Wildman–Crippen LogP) is 3.64. The van der Waals surface area contributed by atoms with Gasteiger partial charge < -0.3 is 15.0 Å². The summed E-state index contributed by atoms with van der Waals surface area (Å²) < 4.78 is 7.84. The van der Waals surface area contributed by atoms with Gasteiger partial charge in [0.05, 0.1) is 6.61 Å². The Labute approximate surface area is 188 Å². The molecule has 0 bridgehead atoms. The van der Waals surface area contributed by atoms with E-state index < -0.39 is 0 Å². The Balaban J connectivity index is 1.48. The van der Waals surface area contributed by atoms with Crippen LogP contribution in [0.3, 0.4) is 0 Å². The maximum atomic E-state index is 12.3. The molecule has 3 aromatic rings. The van der Waals surface area contributed by atoms with Gasteiger partial charge in [-0.1, -0.05) is 30.3 Å². The monoisotopic (exact) mass is 439 g/mol. The number of H-pyrrole nitrogens is 1. The normalized spacial score (nSPS) is 10.9. The number of ether oxygens (including phenoxy) is 1. The molecule has 3 rings (SSSR count). The number of nitrogens with zero attached hydrogens (tertiary/aromatic N) is 3. The molecule has 31 heavy (non-hydrogen) atoms. The van der Waals surface area contributed by atoms with Crippen molar-refractivity contribution in [2.75, 3.05) is 26.7 Å². The smallest absolute Gasteiger partial charge is 0.221 e.